The number of aromatic nitrogens is 2. The van der Waals surface area contributed by atoms with Crippen molar-refractivity contribution >= 4 is 5.91 Å². The van der Waals surface area contributed by atoms with Crippen LogP contribution in [0.15, 0.2) is 17.2 Å². The number of hydrogen-bond donors (Lipinski definition) is 0. The van der Waals surface area contributed by atoms with Crippen molar-refractivity contribution < 1.29 is 13.6 Å². The molecule has 5 nitrogen and oxygen atoms in total. The van der Waals surface area contributed by atoms with Crippen molar-refractivity contribution in [3.63, 3.8) is 0 Å². The van der Waals surface area contributed by atoms with E-state index in [0.717, 1.165) is 0 Å². The van der Waals surface area contributed by atoms with E-state index in [1.54, 1.807) is 6.92 Å². The summed E-state index contributed by atoms with van der Waals surface area (Å²) in [7, 11) is 0. The van der Waals surface area contributed by atoms with Gasteiger partial charge in [0.1, 0.15) is 6.54 Å². The Labute approximate surface area is 108 Å². The molecule has 1 aliphatic heterocycles. The highest BCUT2D eigenvalue weighted by Crippen LogP contribution is 2.27. The Kier molecular flexibility index (Phi) is 3.64. The van der Waals surface area contributed by atoms with Gasteiger partial charge in [-0.15, -0.1) is 0 Å². The molecule has 2 heterocycles. The third kappa shape index (κ3) is 3.36. The lowest BCUT2D eigenvalue weighted by Crippen LogP contribution is -2.44. The predicted octanol–water partition coefficient (Wildman–Crippen LogP) is 0.809. The lowest BCUT2D eigenvalue weighted by Gasteiger charge is -2.31. The molecule has 1 aromatic rings. The first-order chi connectivity index (χ1) is 8.87. The summed E-state index contributed by atoms with van der Waals surface area (Å²) < 4.78 is 27.1. The summed E-state index contributed by atoms with van der Waals surface area (Å²) in [6.07, 6.45) is 0.660. The fourth-order valence-electron chi connectivity index (χ4n) is 1.96. The van der Waals surface area contributed by atoms with E-state index in [4.69, 9.17) is 0 Å². The van der Waals surface area contributed by atoms with E-state index >= 15 is 0 Å². The van der Waals surface area contributed by atoms with Crippen molar-refractivity contribution in [2.75, 3.05) is 13.1 Å². The smallest absolute Gasteiger partial charge is 0.253 e. The highest BCUT2D eigenvalue weighted by atomic mass is 19.3. The maximum absolute atomic E-state index is 13.0. The van der Waals surface area contributed by atoms with Crippen molar-refractivity contribution in [3.05, 3.63) is 28.4 Å². The van der Waals surface area contributed by atoms with E-state index in [1.807, 2.05) is 0 Å². The van der Waals surface area contributed by atoms with E-state index in [0.29, 0.717) is 5.69 Å². The molecule has 1 amide bonds. The molecule has 1 aromatic heterocycles. The molecular weight excluding hydrogens is 256 g/mol. The minimum Gasteiger partial charge on any atom is -0.341 e. The molecule has 1 aliphatic rings. The Morgan fingerprint density at radius 3 is 2.63 bits per heavy atom. The van der Waals surface area contributed by atoms with E-state index < -0.39 is 5.92 Å². The zero-order valence-corrected chi connectivity index (χ0v) is 10.6. The average molecular weight is 271 g/mol. The van der Waals surface area contributed by atoms with Gasteiger partial charge >= 0.3 is 0 Å². The zero-order chi connectivity index (χ0) is 14.0. The predicted molar refractivity (Wildman–Crippen MR) is 64.0 cm³/mol. The second-order valence-electron chi connectivity index (χ2n) is 4.73. The van der Waals surface area contributed by atoms with Gasteiger partial charge < -0.3 is 4.90 Å². The molecule has 0 saturated carbocycles. The number of alkyl halides is 2. The third-order valence-corrected chi connectivity index (χ3v) is 3.17. The van der Waals surface area contributed by atoms with Crippen LogP contribution in [0.25, 0.3) is 0 Å². The quantitative estimate of drug-likeness (QED) is 0.800. The lowest BCUT2D eigenvalue weighted by atomic mass is 10.1. The number of hydrogen-bond acceptors (Lipinski definition) is 3. The molecule has 0 N–H and O–H groups in total. The van der Waals surface area contributed by atoms with E-state index in [9.17, 15) is 18.4 Å². The topological polar surface area (TPSA) is 55.2 Å². The van der Waals surface area contributed by atoms with Gasteiger partial charge in [-0.25, -0.2) is 13.8 Å². The Bertz CT molecular complexity index is 532. The van der Waals surface area contributed by atoms with Crippen molar-refractivity contribution in [2.45, 2.75) is 32.2 Å². The molecule has 104 valence electrons. The molecule has 7 heteroatoms. The molecule has 1 fully saturated rings. The molecule has 0 spiro atoms. The number of nitrogens with zero attached hydrogens (tertiary/aromatic N) is 3. The fraction of sp³-hybridized carbons (Fsp3) is 0.583. The number of amides is 1. The van der Waals surface area contributed by atoms with Crippen LogP contribution < -0.4 is 5.56 Å². The number of likely N-dealkylation sites (tertiary alicyclic amines) is 1. The Morgan fingerprint density at radius 2 is 2.05 bits per heavy atom. The second kappa shape index (κ2) is 5.07. The summed E-state index contributed by atoms with van der Waals surface area (Å²) in [5.74, 6) is -3.01. The van der Waals surface area contributed by atoms with Gasteiger partial charge in [0.2, 0.25) is 5.91 Å². The van der Waals surface area contributed by atoms with Gasteiger partial charge in [-0.3, -0.25) is 14.2 Å². The minimum absolute atomic E-state index is 0.0277. The number of carbonyl (C=O) groups excluding carboxylic acids is 1. The maximum Gasteiger partial charge on any atom is 0.253 e. The second-order valence-corrected chi connectivity index (χ2v) is 4.73. The van der Waals surface area contributed by atoms with Crippen LogP contribution in [0.3, 0.4) is 0 Å². The van der Waals surface area contributed by atoms with Gasteiger partial charge in [0, 0.05) is 37.7 Å². The SMILES string of the molecule is Cc1cc(=O)n(CC(=O)N2CCC(F)(F)CC2)cn1. The van der Waals surface area contributed by atoms with Gasteiger partial charge in [-0.1, -0.05) is 0 Å². The van der Waals surface area contributed by atoms with Crippen molar-refractivity contribution in [3.8, 4) is 0 Å². The van der Waals surface area contributed by atoms with Crippen LogP contribution in [0.2, 0.25) is 0 Å². The number of halogens is 2. The minimum atomic E-state index is -2.68. The fourth-order valence-corrected chi connectivity index (χ4v) is 1.96. The molecule has 0 aromatic carbocycles. The number of piperidine rings is 1. The largest absolute Gasteiger partial charge is 0.341 e. The lowest BCUT2D eigenvalue weighted by molar-refractivity contribution is -0.137. The van der Waals surface area contributed by atoms with E-state index in [2.05, 4.69) is 4.98 Å². The summed E-state index contributed by atoms with van der Waals surface area (Å²) in [6.45, 7) is 1.58. The summed E-state index contributed by atoms with van der Waals surface area (Å²) in [4.78, 5) is 28.8. The Hall–Kier alpha value is -1.79. The third-order valence-electron chi connectivity index (χ3n) is 3.17. The monoisotopic (exact) mass is 271 g/mol. The average Bonchev–Trinajstić information content (AvgIpc) is 2.32. The van der Waals surface area contributed by atoms with Crippen molar-refractivity contribution in [1.82, 2.24) is 14.5 Å². The molecule has 19 heavy (non-hydrogen) atoms. The molecule has 2 rings (SSSR count). The Balaban J connectivity index is 2.00. The first kappa shape index (κ1) is 13.6. The highest BCUT2D eigenvalue weighted by molar-refractivity contribution is 5.76. The molecule has 0 atom stereocenters. The van der Waals surface area contributed by atoms with Crippen LogP contribution in [-0.2, 0) is 11.3 Å². The van der Waals surface area contributed by atoms with Gasteiger partial charge in [0.15, 0.2) is 0 Å². The van der Waals surface area contributed by atoms with Crippen LogP contribution >= 0.6 is 0 Å². The standard InChI is InChI=1S/C12H15F2N3O2/c1-9-6-10(18)17(8-15-9)7-11(19)16-4-2-12(13,14)3-5-16/h6,8H,2-5,7H2,1H3. The summed E-state index contributed by atoms with van der Waals surface area (Å²) in [6, 6.07) is 1.33. The van der Waals surface area contributed by atoms with Crippen LogP contribution in [0.5, 0.6) is 0 Å². The highest BCUT2D eigenvalue weighted by Gasteiger charge is 2.35. The van der Waals surface area contributed by atoms with Gasteiger partial charge in [0.25, 0.3) is 11.5 Å². The van der Waals surface area contributed by atoms with Crippen LogP contribution in [0.4, 0.5) is 8.78 Å². The molecular formula is C12H15F2N3O2. The number of rotatable bonds is 2. The Morgan fingerprint density at radius 1 is 1.42 bits per heavy atom. The first-order valence-corrected chi connectivity index (χ1v) is 6.06. The summed E-state index contributed by atoms with van der Waals surface area (Å²) in [5, 5.41) is 0. The van der Waals surface area contributed by atoms with E-state index in [-0.39, 0.29) is 43.9 Å². The molecule has 0 bridgehead atoms. The zero-order valence-electron chi connectivity index (χ0n) is 10.6. The number of carbonyl (C=O) groups is 1. The van der Waals surface area contributed by atoms with Crippen LogP contribution in [-0.4, -0.2) is 39.4 Å². The maximum atomic E-state index is 13.0. The summed E-state index contributed by atoms with van der Waals surface area (Å²) >= 11 is 0. The molecule has 0 radical (unpaired) electrons. The first-order valence-electron chi connectivity index (χ1n) is 6.06. The van der Waals surface area contributed by atoms with Crippen LogP contribution in [0, 0.1) is 6.92 Å². The van der Waals surface area contributed by atoms with Gasteiger partial charge in [-0.2, -0.15) is 0 Å². The molecule has 0 aliphatic carbocycles. The van der Waals surface area contributed by atoms with E-state index in [1.165, 1.54) is 21.9 Å². The van der Waals surface area contributed by atoms with Gasteiger partial charge in [0.05, 0.1) is 6.33 Å². The van der Waals surface area contributed by atoms with Crippen LogP contribution in [0.1, 0.15) is 18.5 Å². The van der Waals surface area contributed by atoms with Crippen molar-refractivity contribution in [1.29, 1.82) is 0 Å². The molecule has 0 unspecified atom stereocenters. The van der Waals surface area contributed by atoms with Gasteiger partial charge in [-0.05, 0) is 6.92 Å². The summed E-state index contributed by atoms with van der Waals surface area (Å²) in [5.41, 5.74) is 0.259. The van der Waals surface area contributed by atoms with Crippen molar-refractivity contribution in [2.24, 2.45) is 0 Å². The number of aryl methyl sites for hydroxylation is 1. The normalized spacial score (nSPS) is 18.4. The molecule has 1 saturated heterocycles.